The second-order valence-electron chi connectivity index (χ2n) is 6.68. The third-order valence-electron chi connectivity index (χ3n) is 4.78. The highest BCUT2D eigenvalue weighted by Gasteiger charge is 2.30. The Morgan fingerprint density at radius 3 is 2.21 bits per heavy atom. The lowest BCUT2D eigenvalue weighted by atomic mass is 10.1. The maximum Gasteiger partial charge on any atom is 0.416 e. The van der Waals surface area contributed by atoms with E-state index >= 15 is 0 Å². The molecular weight excluding hydrogens is 374 g/mol. The van der Waals surface area contributed by atoms with Gasteiger partial charge in [0, 0.05) is 38.4 Å². The van der Waals surface area contributed by atoms with Gasteiger partial charge in [-0.05, 0) is 42.3 Å². The summed E-state index contributed by atoms with van der Waals surface area (Å²) in [6.07, 6.45) is -3.80. The highest BCUT2D eigenvalue weighted by atomic mass is 19.4. The molecule has 1 aliphatic heterocycles. The van der Waals surface area contributed by atoms with Crippen LogP contribution in [0.1, 0.15) is 11.1 Å². The van der Waals surface area contributed by atoms with Crippen molar-refractivity contribution in [2.75, 3.05) is 38.0 Å². The van der Waals surface area contributed by atoms with Crippen molar-refractivity contribution in [2.24, 2.45) is 0 Å². The van der Waals surface area contributed by atoms with E-state index in [2.05, 4.69) is 10.2 Å². The van der Waals surface area contributed by atoms with Gasteiger partial charge in [-0.3, -0.25) is 4.90 Å². The summed E-state index contributed by atoms with van der Waals surface area (Å²) < 4.78 is 51.4. The Morgan fingerprint density at radius 1 is 0.964 bits per heavy atom. The van der Waals surface area contributed by atoms with Gasteiger partial charge in [0.05, 0.1) is 5.56 Å². The number of carbonyl (C=O) groups is 1. The molecule has 0 bridgehead atoms. The number of alkyl halides is 3. The van der Waals surface area contributed by atoms with Gasteiger partial charge < -0.3 is 10.2 Å². The fraction of sp³-hybridized carbons (Fsp3) is 0.350. The van der Waals surface area contributed by atoms with E-state index in [0.29, 0.717) is 50.4 Å². The number of urea groups is 1. The largest absolute Gasteiger partial charge is 0.416 e. The molecule has 2 aromatic carbocycles. The maximum absolute atomic E-state index is 13.7. The Labute approximate surface area is 160 Å². The zero-order chi connectivity index (χ0) is 20.1. The lowest BCUT2D eigenvalue weighted by Crippen LogP contribution is -2.50. The third-order valence-corrected chi connectivity index (χ3v) is 4.78. The molecule has 28 heavy (non-hydrogen) atoms. The summed E-state index contributed by atoms with van der Waals surface area (Å²) in [4.78, 5) is 16.1. The fourth-order valence-corrected chi connectivity index (χ4v) is 3.10. The van der Waals surface area contributed by atoms with E-state index in [4.69, 9.17) is 0 Å². The van der Waals surface area contributed by atoms with Crippen LogP contribution < -0.4 is 5.32 Å². The van der Waals surface area contributed by atoms with Crippen LogP contribution in [0, 0.1) is 5.82 Å². The molecule has 0 radical (unpaired) electrons. The predicted octanol–water partition coefficient (Wildman–Crippen LogP) is 4.24. The topological polar surface area (TPSA) is 35.6 Å². The van der Waals surface area contributed by atoms with Crippen molar-refractivity contribution in [3.63, 3.8) is 0 Å². The number of anilines is 1. The molecule has 2 amide bonds. The summed E-state index contributed by atoms with van der Waals surface area (Å²) in [5.74, 6) is -0.211. The first-order chi connectivity index (χ1) is 13.3. The molecule has 1 heterocycles. The molecule has 0 unspecified atom stereocenters. The molecule has 0 atom stereocenters. The predicted molar refractivity (Wildman–Crippen MR) is 98.6 cm³/mol. The molecule has 1 fully saturated rings. The van der Waals surface area contributed by atoms with E-state index in [1.54, 1.807) is 17.0 Å². The average molecular weight is 395 g/mol. The Hall–Kier alpha value is -2.61. The van der Waals surface area contributed by atoms with E-state index in [0.717, 1.165) is 12.1 Å². The van der Waals surface area contributed by atoms with Crippen LogP contribution in [-0.4, -0.2) is 48.6 Å². The molecule has 3 rings (SSSR count). The number of halogens is 4. The fourth-order valence-electron chi connectivity index (χ4n) is 3.10. The first kappa shape index (κ1) is 20.1. The van der Waals surface area contributed by atoms with Crippen molar-refractivity contribution in [2.45, 2.75) is 12.6 Å². The molecule has 0 aliphatic carbocycles. The van der Waals surface area contributed by atoms with Crippen molar-refractivity contribution < 1.29 is 22.4 Å². The molecule has 0 saturated carbocycles. The molecule has 2 aromatic rings. The summed E-state index contributed by atoms with van der Waals surface area (Å²) in [7, 11) is 0. The SMILES string of the molecule is O=C(Nc1ccc(C(F)(F)F)cc1)N1CCN(CCc2ccccc2F)CC1. The van der Waals surface area contributed by atoms with Crippen molar-refractivity contribution in [1.29, 1.82) is 0 Å². The monoisotopic (exact) mass is 395 g/mol. The van der Waals surface area contributed by atoms with Gasteiger partial charge in [0.2, 0.25) is 0 Å². The lowest BCUT2D eigenvalue weighted by Gasteiger charge is -2.34. The van der Waals surface area contributed by atoms with Crippen LogP contribution in [0.4, 0.5) is 28.0 Å². The van der Waals surface area contributed by atoms with Crippen molar-refractivity contribution in [3.8, 4) is 0 Å². The van der Waals surface area contributed by atoms with E-state index < -0.39 is 11.7 Å². The molecule has 1 aliphatic rings. The Balaban J connectivity index is 1.45. The number of nitrogens with zero attached hydrogens (tertiary/aromatic N) is 2. The smallest absolute Gasteiger partial charge is 0.322 e. The summed E-state index contributed by atoms with van der Waals surface area (Å²) in [5, 5.41) is 2.62. The molecule has 0 aromatic heterocycles. The van der Waals surface area contributed by atoms with Gasteiger partial charge in [-0.15, -0.1) is 0 Å². The quantitative estimate of drug-likeness (QED) is 0.787. The highest BCUT2D eigenvalue weighted by Crippen LogP contribution is 2.29. The zero-order valence-electron chi connectivity index (χ0n) is 15.2. The minimum atomic E-state index is -4.40. The lowest BCUT2D eigenvalue weighted by molar-refractivity contribution is -0.137. The minimum absolute atomic E-state index is 0.211. The van der Waals surface area contributed by atoms with Crippen molar-refractivity contribution in [3.05, 3.63) is 65.5 Å². The number of carbonyl (C=O) groups excluding carboxylic acids is 1. The van der Waals surface area contributed by atoms with Crippen LogP contribution in [0.2, 0.25) is 0 Å². The number of rotatable bonds is 4. The number of benzene rings is 2. The molecule has 1 N–H and O–H groups in total. The number of amides is 2. The van der Waals surface area contributed by atoms with E-state index in [1.807, 2.05) is 6.07 Å². The first-order valence-electron chi connectivity index (χ1n) is 9.02. The first-order valence-corrected chi connectivity index (χ1v) is 9.02. The van der Waals surface area contributed by atoms with Gasteiger partial charge in [-0.1, -0.05) is 18.2 Å². The van der Waals surface area contributed by atoms with Crippen LogP contribution in [0.15, 0.2) is 48.5 Å². The Kier molecular flexibility index (Phi) is 6.18. The summed E-state index contributed by atoms with van der Waals surface area (Å²) in [6, 6.07) is 10.7. The zero-order valence-corrected chi connectivity index (χ0v) is 15.2. The standard InChI is InChI=1S/C20H21F4N3O/c21-18-4-2-1-3-15(18)9-10-26-11-13-27(14-12-26)19(28)25-17-7-5-16(6-8-17)20(22,23)24/h1-8H,9-14H2,(H,25,28). The normalized spacial score (nSPS) is 15.5. The van der Waals surface area contributed by atoms with Crippen LogP contribution in [-0.2, 0) is 12.6 Å². The Morgan fingerprint density at radius 2 is 1.61 bits per heavy atom. The van der Waals surface area contributed by atoms with Gasteiger partial charge in [-0.2, -0.15) is 13.2 Å². The van der Waals surface area contributed by atoms with E-state index in [9.17, 15) is 22.4 Å². The molecular formula is C20H21F4N3O. The number of hydrogen-bond donors (Lipinski definition) is 1. The van der Waals surface area contributed by atoms with Gasteiger partial charge in [-0.25, -0.2) is 9.18 Å². The molecule has 4 nitrogen and oxygen atoms in total. The number of nitrogens with one attached hydrogen (secondary N) is 1. The minimum Gasteiger partial charge on any atom is -0.322 e. The molecule has 150 valence electrons. The number of piperazine rings is 1. The number of hydrogen-bond acceptors (Lipinski definition) is 2. The van der Waals surface area contributed by atoms with Crippen LogP contribution in [0.25, 0.3) is 0 Å². The van der Waals surface area contributed by atoms with Crippen LogP contribution in [0.3, 0.4) is 0 Å². The summed E-state index contributed by atoms with van der Waals surface area (Å²) in [6.45, 7) is 3.03. The van der Waals surface area contributed by atoms with Gasteiger partial charge >= 0.3 is 12.2 Å². The summed E-state index contributed by atoms with van der Waals surface area (Å²) in [5.41, 5.74) is 0.235. The molecule has 8 heteroatoms. The van der Waals surface area contributed by atoms with Crippen molar-refractivity contribution >= 4 is 11.7 Å². The second-order valence-corrected chi connectivity index (χ2v) is 6.68. The van der Waals surface area contributed by atoms with Crippen LogP contribution in [0.5, 0.6) is 0 Å². The molecule has 1 saturated heterocycles. The highest BCUT2D eigenvalue weighted by molar-refractivity contribution is 5.89. The Bertz CT molecular complexity index is 800. The second kappa shape index (κ2) is 8.60. The maximum atomic E-state index is 13.7. The van der Waals surface area contributed by atoms with E-state index in [-0.39, 0.29) is 11.8 Å². The third kappa shape index (κ3) is 5.22. The van der Waals surface area contributed by atoms with Gasteiger partial charge in [0.25, 0.3) is 0 Å². The van der Waals surface area contributed by atoms with Crippen LogP contribution >= 0.6 is 0 Å². The average Bonchev–Trinajstić information content (AvgIpc) is 2.67. The van der Waals surface area contributed by atoms with Gasteiger partial charge in [0.1, 0.15) is 5.82 Å². The van der Waals surface area contributed by atoms with Gasteiger partial charge in [0.15, 0.2) is 0 Å². The molecule has 0 spiro atoms. The van der Waals surface area contributed by atoms with Crippen molar-refractivity contribution in [1.82, 2.24) is 9.80 Å². The van der Waals surface area contributed by atoms with E-state index in [1.165, 1.54) is 18.2 Å². The summed E-state index contributed by atoms with van der Waals surface area (Å²) >= 11 is 0.